The predicted octanol–water partition coefficient (Wildman–Crippen LogP) is 0.945. The second kappa shape index (κ2) is 7.37. The van der Waals surface area contributed by atoms with E-state index in [1.165, 1.54) is 0 Å². The van der Waals surface area contributed by atoms with Crippen LogP contribution in [0.25, 0.3) is 11.1 Å². The average molecular weight is 365 g/mol. The Hall–Kier alpha value is -0.510. The molecule has 0 saturated carbocycles. The van der Waals surface area contributed by atoms with Crippen molar-refractivity contribution in [3.63, 3.8) is 0 Å². The summed E-state index contributed by atoms with van der Waals surface area (Å²) in [7, 11) is 0. The first-order valence-corrected chi connectivity index (χ1v) is 6.61. The van der Waals surface area contributed by atoms with Crippen LogP contribution in [0.1, 0.15) is 0 Å². The molecule has 0 radical (unpaired) electrons. The molecule has 1 unspecified atom stereocenters. The normalized spacial score (nSPS) is 12.0. The van der Waals surface area contributed by atoms with Crippen molar-refractivity contribution < 1.29 is 60.3 Å². The molecule has 2 rings (SSSR count). The molecule has 0 amide bonds. The van der Waals surface area contributed by atoms with E-state index in [2.05, 4.69) is 0 Å². The zero-order chi connectivity index (χ0) is 15.9. The smallest absolute Gasteiger partial charge is 0.768 e. The number of hydrogen-bond acceptors (Lipinski definition) is 2. The van der Waals surface area contributed by atoms with Crippen molar-refractivity contribution in [2.75, 3.05) is 0 Å². The Balaban J connectivity index is 0.00000242. The molecule has 0 aromatic heterocycles. The molecular weight excluding hydrogens is 362 g/mol. The zero-order valence-electron chi connectivity index (χ0n) is 10.7. The van der Waals surface area contributed by atoms with E-state index in [9.17, 15) is 30.7 Å². The summed E-state index contributed by atoms with van der Waals surface area (Å²) in [6, 6.07) is 1.05. The molecule has 0 aliphatic carbocycles. The minimum absolute atomic E-state index is 0. The molecule has 112 valence electrons. The third-order valence-electron chi connectivity index (χ3n) is 2.58. The summed E-state index contributed by atoms with van der Waals surface area (Å²) in [5, 5.41) is -0.520. The maximum absolute atomic E-state index is 13.7. The second-order valence-corrected chi connectivity index (χ2v) is 5.16. The Labute approximate surface area is 150 Å². The van der Waals surface area contributed by atoms with Gasteiger partial charge >= 0.3 is 29.6 Å². The van der Waals surface area contributed by atoms with Gasteiger partial charge in [0.05, 0.1) is 10.6 Å². The van der Waals surface area contributed by atoms with Crippen molar-refractivity contribution in [1.29, 1.82) is 0 Å². The zero-order valence-corrected chi connectivity index (χ0v) is 14.3. The van der Waals surface area contributed by atoms with Gasteiger partial charge in [0.15, 0.2) is 17.5 Å². The maximum Gasteiger partial charge on any atom is 1.00 e. The summed E-state index contributed by atoms with van der Waals surface area (Å²) in [6.45, 7) is 0. The van der Waals surface area contributed by atoms with Crippen molar-refractivity contribution in [3.05, 3.63) is 52.3 Å². The molecule has 0 aliphatic heterocycles. The van der Waals surface area contributed by atoms with E-state index in [1.54, 1.807) is 0 Å². The minimum Gasteiger partial charge on any atom is -0.768 e. The Morgan fingerprint density at radius 3 is 2.05 bits per heavy atom. The van der Waals surface area contributed by atoms with E-state index >= 15 is 0 Å². The van der Waals surface area contributed by atoms with Crippen LogP contribution in [-0.4, -0.2) is 8.76 Å². The summed E-state index contributed by atoms with van der Waals surface area (Å²) < 4.78 is 88.7. The van der Waals surface area contributed by atoms with Crippen LogP contribution in [-0.2, 0) is 11.1 Å². The molecule has 2 aromatic rings. The molecule has 2 aromatic carbocycles. The number of hydrogen-bond donors (Lipinski definition) is 0. The fourth-order valence-electron chi connectivity index (χ4n) is 1.66. The predicted molar refractivity (Wildman–Crippen MR) is 63.9 cm³/mol. The van der Waals surface area contributed by atoms with E-state index in [1.807, 2.05) is 0 Å². The Kier molecular flexibility index (Phi) is 6.55. The van der Waals surface area contributed by atoms with Crippen molar-refractivity contribution >= 4 is 22.7 Å². The molecule has 0 fully saturated rings. The van der Waals surface area contributed by atoms with E-state index in [0.29, 0.717) is 12.1 Å². The van der Waals surface area contributed by atoms with Crippen LogP contribution >= 0.6 is 11.6 Å². The van der Waals surface area contributed by atoms with Gasteiger partial charge in [-0.3, -0.25) is 4.21 Å². The minimum atomic E-state index is -2.92. The topological polar surface area (TPSA) is 40.1 Å². The Morgan fingerprint density at radius 2 is 1.50 bits per heavy atom. The Morgan fingerprint density at radius 1 is 0.909 bits per heavy atom. The molecule has 2 nitrogen and oxygen atoms in total. The molecule has 0 N–H and O–H groups in total. The molecule has 22 heavy (non-hydrogen) atoms. The second-order valence-electron chi connectivity index (χ2n) is 3.84. The molecule has 0 bridgehead atoms. The van der Waals surface area contributed by atoms with Gasteiger partial charge in [0.25, 0.3) is 0 Å². The van der Waals surface area contributed by atoms with Gasteiger partial charge in [-0.1, -0.05) is 11.6 Å². The first kappa shape index (κ1) is 19.5. The summed E-state index contributed by atoms with van der Waals surface area (Å²) >= 11 is 2.55. The quantitative estimate of drug-likeness (QED) is 0.262. The van der Waals surface area contributed by atoms with Gasteiger partial charge in [-0.25, -0.2) is 22.0 Å². The summed E-state index contributed by atoms with van der Waals surface area (Å²) in [4.78, 5) is -0.642. The summed E-state index contributed by atoms with van der Waals surface area (Å²) in [5.41, 5.74) is -2.12. The summed E-state index contributed by atoms with van der Waals surface area (Å²) in [5.74, 6) is -8.66. The fourth-order valence-corrected chi connectivity index (χ4v) is 2.43. The Bertz CT molecular complexity index is 772. The fraction of sp³-hybridized carbons (Fsp3) is 0. The van der Waals surface area contributed by atoms with Gasteiger partial charge in [0.1, 0.15) is 11.6 Å². The molecule has 0 heterocycles. The van der Waals surface area contributed by atoms with Crippen molar-refractivity contribution in [2.45, 2.75) is 4.90 Å². The van der Waals surface area contributed by atoms with Gasteiger partial charge in [-0.2, -0.15) is 0 Å². The molecule has 0 saturated heterocycles. The van der Waals surface area contributed by atoms with Crippen LogP contribution in [0, 0.1) is 29.1 Å². The molecule has 0 spiro atoms. The van der Waals surface area contributed by atoms with E-state index in [-0.39, 0.29) is 35.6 Å². The first-order valence-electron chi connectivity index (χ1n) is 5.15. The van der Waals surface area contributed by atoms with Crippen LogP contribution in [0.3, 0.4) is 0 Å². The van der Waals surface area contributed by atoms with Gasteiger partial charge in [-0.05, 0) is 23.2 Å². The average Bonchev–Trinajstić information content (AvgIpc) is 2.38. The van der Waals surface area contributed by atoms with E-state index in [0.717, 1.165) is 0 Å². The van der Waals surface area contributed by atoms with Crippen LogP contribution in [0.15, 0.2) is 23.1 Å². The third-order valence-corrected chi connectivity index (χ3v) is 3.71. The summed E-state index contributed by atoms with van der Waals surface area (Å²) in [6.07, 6.45) is 0. The maximum atomic E-state index is 13.7. The van der Waals surface area contributed by atoms with Crippen molar-refractivity contribution in [2.24, 2.45) is 0 Å². The van der Waals surface area contributed by atoms with Gasteiger partial charge in [0, 0.05) is 16.5 Å². The molecular formula is C12H3ClF5NaO2S. The monoisotopic (exact) mass is 364 g/mol. The van der Waals surface area contributed by atoms with Crippen LogP contribution in [0.5, 0.6) is 0 Å². The molecule has 10 heteroatoms. The van der Waals surface area contributed by atoms with Crippen LogP contribution in [0.2, 0.25) is 5.02 Å². The van der Waals surface area contributed by atoms with Crippen molar-refractivity contribution in [3.8, 4) is 11.1 Å². The van der Waals surface area contributed by atoms with Gasteiger partial charge < -0.3 is 4.55 Å². The van der Waals surface area contributed by atoms with Crippen LogP contribution < -0.4 is 29.6 Å². The third kappa shape index (κ3) is 3.52. The molecule has 1 atom stereocenters. The number of rotatable bonds is 2. The SMILES string of the molecule is O=S([O-])c1cc(-c2c(F)cc(F)c(F)c2F)c(F)cc1Cl.[Na+]. The van der Waals surface area contributed by atoms with E-state index < -0.39 is 61.2 Å². The van der Waals surface area contributed by atoms with Gasteiger partial charge in [0.2, 0.25) is 0 Å². The number of halogens is 6. The number of benzene rings is 2. The first-order chi connectivity index (χ1) is 9.73. The molecule has 0 aliphatic rings. The van der Waals surface area contributed by atoms with E-state index in [4.69, 9.17) is 11.6 Å². The van der Waals surface area contributed by atoms with Gasteiger partial charge in [-0.15, -0.1) is 0 Å². The largest absolute Gasteiger partial charge is 1.00 e. The van der Waals surface area contributed by atoms with Crippen LogP contribution in [0.4, 0.5) is 22.0 Å². The van der Waals surface area contributed by atoms with Crippen molar-refractivity contribution in [1.82, 2.24) is 0 Å². The standard InChI is InChI=1S/C12H4ClF5O2S.Na/c13-5-2-6(14)4(1-9(5)21(19)20)10-7(15)3-8(16)11(17)12(10)18;/h1-3H,(H,19,20);/q;+1/p-1.